The molecule has 0 bridgehead atoms. The lowest BCUT2D eigenvalue weighted by Crippen LogP contribution is -2.20. The van der Waals surface area contributed by atoms with Gasteiger partial charge in [0.1, 0.15) is 11.5 Å². The van der Waals surface area contributed by atoms with E-state index in [1.54, 1.807) is 25.3 Å². The summed E-state index contributed by atoms with van der Waals surface area (Å²) in [4.78, 5) is 24.6. The Bertz CT molecular complexity index is 831. The highest BCUT2D eigenvalue weighted by Gasteiger charge is 2.15. The number of carbonyl (C=O) groups excluding carboxylic acids is 2. The van der Waals surface area contributed by atoms with Crippen LogP contribution in [0.4, 0.5) is 11.4 Å². The Morgan fingerprint density at radius 1 is 0.862 bits per heavy atom. The molecule has 29 heavy (non-hydrogen) atoms. The molecule has 0 heterocycles. The molecule has 2 amide bonds. The maximum atomic E-state index is 12.4. The number of rotatable bonds is 9. The lowest BCUT2D eigenvalue weighted by atomic mass is 10.0. The van der Waals surface area contributed by atoms with E-state index < -0.39 is 0 Å². The van der Waals surface area contributed by atoms with E-state index >= 15 is 0 Å². The van der Waals surface area contributed by atoms with Gasteiger partial charge < -0.3 is 20.1 Å². The summed E-state index contributed by atoms with van der Waals surface area (Å²) in [6, 6.07) is 13.0. The monoisotopic (exact) mass is 398 g/mol. The minimum absolute atomic E-state index is 0.103. The summed E-state index contributed by atoms with van der Waals surface area (Å²) in [6.07, 6.45) is 0.494. The van der Waals surface area contributed by atoms with E-state index in [0.29, 0.717) is 23.1 Å². The van der Waals surface area contributed by atoms with Crippen LogP contribution in [0.3, 0.4) is 0 Å². The molecule has 0 radical (unpaired) electrons. The Balaban J connectivity index is 1.85. The molecule has 2 aromatic rings. The Kier molecular flexibility index (Phi) is 8.07. The molecule has 1 atom stereocenters. The van der Waals surface area contributed by atoms with Crippen LogP contribution in [0, 0.1) is 5.92 Å². The van der Waals surface area contributed by atoms with Gasteiger partial charge in [-0.25, -0.2) is 0 Å². The van der Waals surface area contributed by atoms with Gasteiger partial charge in [0.2, 0.25) is 11.8 Å². The van der Waals surface area contributed by atoms with Gasteiger partial charge in [-0.2, -0.15) is 0 Å². The standard InChI is InChI=1S/C23H30N2O4/c1-15(2)17-6-8-18(9-7-17)24-22(26)12-16(3)13-23(27)25-20-11-10-19(28-4)14-21(20)29-5/h6-11,14-16H,12-13H2,1-5H3,(H,24,26)(H,25,27). The van der Waals surface area contributed by atoms with Crippen LogP contribution in [0.2, 0.25) is 0 Å². The van der Waals surface area contributed by atoms with Gasteiger partial charge in [-0.3, -0.25) is 9.59 Å². The molecule has 2 N–H and O–H groups in total. The highest BCUT2D eigenvalue weighted by molar-refractivity contribution is 5.94. The molecule has 0 aliphatic carbocycles. The van der Waals surface area contributed by atoms with Crippen LogP contribution in [0.25, 0.3) is 0 Å². The fourth-order valence-electron chi connectivity index (χ4n) is 2.97. The summed E-state index contributed by atoms with van der Waals surface area (Å²) in [5.41, 5.74) is 2.56. The molecule has 0 saturated heterocycles. The van der Waals surface area contributed by atoms with Crippen molar-refractivity contribution in [2.24, 2.45) is 5.92 Å². The summed E-state index contributed by atoms with van der Waals surface area (Å²) in [6.45, 7) is 6.13. The van der Waals surface area contributed by atoms with Crippen LogP contribution in [-0.4, -0.2) is 26.0 Å². The zero-order chi connectivity index (χ0) is 21.4. The third-order valence-corrected chi connectivity index (χ3v) is 4.61. The smallest absolute Gasteiger partial charge is 0.224 e. The molecule has 6 heteroatoms. The summed E-state index contributed by atoms with van der Waals surface area (Å²) < 4.78 is 10.4. The van der Waals surface area contributed by atoms with Gasteiger partial charge in [0.05, 0.1) is 19.9 Å². The first-order chi connectivity index (χ1) is 13.8. The van der Waals surface area contributed by atoms with Crippen molar-refractivity contribution in [3.05, 3.63) is 48.0 Å². The zero-order valence-electron chi connectivity index (χ0n) is 17.7. The van der Waals surface area contributed by atoms with Crippen LogP contribution in [-0.2, 0) is 9.59 Å². The minimum atomic E-state index is -0.171. The van der Waals surface area contributed by atoms with Crippen LogP contribution < -0.4 is 20.1 Å². The van der Waals surface area contributed by atoms with E-state index in [1.165, 1.54) is 12.7 Å². The normalized spacial score (nSPS) is 11.7. The quantitative estimate of drug-likeness (QED) is 0.635. The maximum absolute atomic E-state index is 12.4. The number of anilines is 2. The average Bonchev–Trinajstić information content (AvgIpc) is 2.68. The van der Waals surface area contributed by atoms with Crippen molar-refractivity contribution in [2.45, 2.75) is 39.5 Å². The third-order valence-electron chi connectivity index (χ3n) is 4.61. The third kappa shape index (κ3) is 6.82. The number of nitrogens with one attached hydrogen (secondary N) is 2. The Hall–Kier alpha value is -3.02. The van der Waals surface area contributed by atoms with E-state index in [-0.39, 0.29) is 30.6 Å². The molecule has 0 aliphatic rings. The van der Waals surface area contributed by atoms with Crippen molar-refractivity contribution in [2.75, 3.05) is 24.9 Å². The fourth-order valence-corrected chi connectivity index (χ4v) is 2.97. The number of methoxy groups -OCH3 is 2. The van der Waals surface area contributed by atoms with Crippen LogP contribution in [0.1, 0.15) is 45.1 Å². The van der Waals surface area contributed by atoms with Gasteiger partial charge in [0, 0.05) is 24.6 Å². The van der Waals surface area contributed by atoms with E-state index in [0.717, 1.165) is 5.69 Å². The Morgan fingerprint density at radius 3 is 2.03 bits per heavy atom. The lowest BCUT2D eigenvalue weighted by Gasteiger charge is -2.14. The Morgan fingerprint density at radius 2 is 1.48 bits per heavy atom. The SMILES string of the molecule is COc1ccc(NC(=O)CC(C)CC(=O)Nc2ccc(C(C)C)cc2)c(OC)c1. The van der Waals surface area contributed by atoms with Crippen molar-refractivity contribution in [1.82, 2.24) is 0 Å². The van der Waals surface area contributed by atoms with Gasteiger partial charge in [-0.05, 0) is 41.7 Å². The molecule has 2 aromatic carbocycles. The highest BCUT2D eigenvalue weighted by atomic mass is 16.5. The van der Waals surface area contributed by atoms with E-state index in [4.69, 9.17) is 9.47 Å². The Labute approximate surface area is 172 Å². The van der Waals surface area contributed by atoms with Crippen molar-refractivity contribution in [3.63, 3.8) is 0 Å². The average molecular weight is 399 g/mol. The number of ether oxygens (including phenoxy) is 2. The minimum Gasteiger partial charge on any atom is -0.497 e. The number of hydrogen-bond donors (Lipinski definition) is 2. The summed E-state index contributed by atoms with van der Waals surface area (Å²) in [5, 5.41) is 5.72. The van der Waals surface area contributed by atoms with Gasteiger partial charge in [0.25, 0.3) is 0 Å². The fraction of sp³-hybridized carbons (Fsp3) is 0.391. The second-order valence-electron chi connectivity index (χ2n) is 7.45. The maximum Gasteiger partial charge on any atom is 0.224 e. The van der Waals surface area contributed by atoms with Gasteiger partial charge in [0.15, 0.2) is 0 Å². The second kappa shape index (κ2) is 10.5. The van der Waals surface area contributed by atoms with Gasteiger partial charge >= 0.3 is 0 Å². The number of hydrogen-bond acceptors (Lipinski definition) is 4. The largest absolute Gasteiger partial charge is 0.497 e. The van der Waals surface area contributed by atoms with E-state index in [1.807, 2.05) is 31.2 Å². The topological polar surface area (TPSA) is 76.7 Å². The molecule has 0 saturated carbocycles. The summed E-state index contributed by atoms with van der Waals surface area (Å²) in [7, 11) is 3.10. The number of carbonyl (C=O) groups is 2. The molecule has 0 fully saturated rings. The van der Waals surface area contributed by atoms with Crippen molar-refractivity contribution < 1.29 is 19.1 Å². The van der Waals surface area contributed by atoms with Crippen LogP contribution in [0.15, 0.2) is 42.5 Å². The molecule has 0 spiro atoms. The summed E-state index contributed by atoms with van der Waals surface area (Å²) in [5.74, 6) is 1.23. The highest BCUT2D eigenvalue weighted by Crippen LogP contribution is 2.29. The van der Waals surface area contributed by atoms with Gasteiger partial charge in [-0.1, -0.05) is 32.9 Å². The number of benzene rings is 2. The molecule has 0 aliphatic heterocycles. The molecular formula is C23H30N2O4. The molecule has 0 aromatic heterocycles. The van der Waals surface area contributed by atoms with E-state index in [2.05, 4.69) is 24.5 Å². The molecular weight excluding hydrogens is 368 g/mol. The molecule has 2 rings (SSSR count). The van der Waals surface area contributed by atoms with Crippen LogP contribution >= 0.6 is 0 Å². The first-order valence-electron chi connectivity index (χ1n) is 9.74. The second-order valence-corrected chi connectivity index (χ2v) is 7.45. The van der Waals surface area contributed by atoms with Crippen molar-refractivity contribution in [3.8, 4) is 11.5 Å². The zero-order valence-corrected chi connectivity index (χ0v) is 17.7. The van der Waals surface area contributed by atoms with Crippen LogP contribution in [0.5, 0.6) is 11.5 Å². The van der Waals surface area contributed by atoms with E-state index in [9.17, 15) is 9.59 Å². The van der Waals surface area contributed by atoms with Gasteiger partial charge in [-0.15, -0.1) is 0 Å². The van der Waals surface area contributed by atoms with Crippen molar-refractivity contribution in [1.29, 1.82) is 0 Å². The van der Waals surface area contributed by atoms with Crippen molar-refractivity contribution >= 4 is 23.2 Å². The lowest BCUT2D eigenvalue weighted by molar-refractivity contribution is -0.118. The molecule has 156 valence electrons. The molecule has 1 unspecified atom stereocenters. The first kappa shape index (κ1) is 22.3. The predicted molar refractivity (Wildman–Crippen MR) is 116 cm³/mol. The predicted octanol–water partition coefficient (Wildman–Crippen LogP) is 4.82. The number of amides is 2. The molecule has 6 nitrogen and oxygen atoms in total. The first-order valence-corrected chi connectivity index (χ1v) is 9.74. The summed E-state index contributed by atoms with van der Waals surface area (Å²) >= 11 is 0.